The monoisotopic (exact) mass is 248 g/mol. The first-order valence-corrected chi connectivity index (χ1v) is 6.76. The van der Waals surface area contributed by atoms with Crippen LogP contribution in [0.5, 0.6) is 0 Å². The molecule has 17 heavy (non-hydrogen) atoms. The highest BCUT2D eigenvalue weighted by Crippen LogP contribution is 2.36. The molecule has 3 rings (SSSR count). The predicted molar refractivity (Wildman–Crippen MR) is 69.1 cm³/mol. The Labute approximate surface area is 105 Å². The third kappa shape index (κ3) is 1.89. The Morgan fingerprint density at radius 2 is 2.41 bits per heavy atom. The normalized spacial score (nSPS) is 19.3. The molecule has 0 saturated carbocycles. The molecule has 2 aromatic rings. The smallest absolute Gasteiger partial charge is 0.144 e. The highest BCUT2D eigenvalue weighted by molar-refractivity contribution is 7.15. The van der Waals surface area contributed by atoms with Gasteiger partial charge < -0.3 is 5.32 Å². The molecular weight excluding hydrogens is 232 g/mol. The second-order valence-electron chi connectivity index (χ2n) is 4.44. The van der Waals surface area contributed by atoms with Gasteiger partial charge in [-0.2, -0.15) is 5.10 Å². The fourth-order valence-electron chi connectivity index (χ4n) is 2.34. The van der Waals surface area contributed by atoms with E-state index in [0.717, 1.165) is 17.1 Å². The minimum Gasteiger partial charge on any atom is -0.312 e. The summed E-state index contributed by atoms with van der Waals surface area (Å²) in [6.07, 6.45) is 5.57. The maximum Gasteiger partial charge on any atom is 0.144 e. The van der Waals surface area contributed by atoms with Gasteiger partial charge in [-0.05, 0) is 32.4 Å². The Morgan fingerprint density at radius 3 is 3.12 bits per heavy atom. The number of aromatic nitrogens is 3. The van der Waals surface area contributed by atoms with Crippen molar-refractivity contribution in [3.05, 3.63) is 22.8 Å². The van der Waals surface area contributed by atoms with Crippen LogP contribution in [0.15, 0.2) is 12.3 Å². The van der Waals surface area contributed by atoms with E-state index in [-0.39, 0.29) is 0 Å². The zero-order valence-electron chi connectivity index (χ0n) is 10.1. The lowest BCUT2D eigenvalue weighted by atomic mass is 9.98. The highest BCUT2D eigenvalue weighted by Gasteiger charge is 2.24. The molecular formula is C12H16N4S. The van der Waals surface area contributed by atoms with Crippen LogP contribution in [0.4, 0.5) is 0 Å². The maximum absolute atomic E-state index is 4.77. The Balaban J connectivity index is 2.01. The largest absolute Gasteiger partial charge is 0.312 e. The van der Waals surface area contributed by atoms with Crippen LogP contribution in [0.3, 0.4) is 0 Å². The van der Waals surface area contributed by atoms with Crippen LogP contribution in [0, 0.1) is 0 Å². The van der Waals surface area contributed by atoms with Crippen LogP contribution < -0.4 is 5.32 Å². The number of aryl methyl sites for hydroxylation is 2. The molecule has 5 heteroatoms. The van der Waals surface area contributed by atoms with Gasteiger partial charge in [0.25, 0.3) is 0 Å². The van der Waals surface area contributed by atoms with Crippen molar-refractivity contribution in [2.75, 3.05) is 7.05 Å². The Bertz CT molecular complexity index is 528. The van der Waals surface area contributed by atoms with Crippen molar-refractivity contribution >= 4 is 11.3 Å². The summed E-state index contributed by atoms with van der Waals surface area (Å²) in [5.41, 5.74) is 2.23. The Morgan fingerprint density at radius 1 is 1.53 bits per heavy atom. The molecule has 0 radical (unpaired) electrons. The number of rotatable bonds is 2. The van der Waals surface area contributed by atoms with Crippen molar-refractivity contribution in [2.45, 2.75) is 25.3 Å². The lowest BCUT2D eigenvalue weighted by Crippen LogP contribution is -2.21. The highest BCUT2D eigenvalue weighted by atomic mass is 32.1. The SMILES string of the molecule is CNC1CCCc2sc(-c3ccn(C)n3)nc21. The van der Waals surface area contributed by atoms with E-state index in [1.807, 2.05) is 31.0 Å². The summed E-state index contributed by atoms with van der Waals surface area (Å²) >= 11 is 1.79. The van der Waals surface area contributed by atoms with Gasteiger partial charge in [0.15, 0.2) is 0 Å². The van der Waals surface area contributed by atoms with Crippen molar-refractivity contribution in [1.29, 1.82) is 0 Å². The lowest BCUT2D eigenvalue weighted by molar-refractivity contribution is 0.490. The number of fused-ring (bicyclic) bond motifs is 1. The molecule has 1 atom stereocenters. The average molecular weight is 248 g/mol. The summed E-state index contributed by atoms with van der Waals surface area (Å²) < 4.78 is 1.82. The molecule has 1 aliphatic rings. The van der Waals surface area contributed by atoms with Gasteiger partial charge in [-0.15, -0.1) is 11.3 Å². The van der Waals surface area contributed by atoms with Gasteiger partial charge >= 0.3 is 0 Å². The Hall–Kier alpha value is -1.20. The van der Waals surface area contributed by atoms with Crippen LogP contribution in [-0.2, 0) is 13.5 Å². The van der Waals surface area contributed by atoms with Crippen molar-refractivity contribution in [2.24, 2.45) is 7.05 Å². The molecule has 2 heterocycles. The first-order chi connectivity index (χ1) is 8.28. The second-order valence-corrected chi connectivity index (χ2v) is 5.52. The van der Waals surface area contributed by atoms with E-state index >= 15 is 0 Å². The van der Waals surface area contributed by atoms with Crippen LogP contribution >= 0.6 is 11.3 Å². The van der Waals surface area contributed by atoms with Crippen LogP contribution in [0.2, 0.25) is 0 Å². The quantitative estimate of drug-likeness (QED) is 0.885. The van der Waals surface area contributed by atoms with Crippen molar-refractivity contribution in [1.82, 2.24) is 20.1 Å². The molecule has 1 unspecified atom stereocenters. The molecule has 0 spiro atoms. The maximum atomic E-state index is 4.77. The molecule has 90 valence electrons. The average Bonchev–Trinajstić information content (AvgIpc) is 2.93. The third-order valence-electron chi connectivity index (χ3n) is 3.24. The van der Waals surface area contributed by atoms with Gasteiger partial charge in [-0.1, -0.05) is 0 Å². The van der Waals surface area contributed by atoms with E-state index in [1.165, 1.54) is 23.4 Å². The lowest BCUT2D eigenvalue weighted by Gasteiger charge is -2.19. The van der Waals surface area contributed by atoms with Gasteiger partial charge in [0, 0.05) is 18.1 Å². The van der Waals surface area contributed by atoms with Gasteiger partial charge in [0.2, 0.25) is 0 Å². The van der Waals surface area contributed by atoms with E-state index in [1.54, 1.807) is 11.3 Å². The standard InChI is InChI=1S/C12H16N4S/c1-13-8-4-3-5-10-11(8)14-12(17-10)9-6-7-16(2)15-9/h6-8,13H,3-5H2,1-2H3. The van der Waals surface area contributed by atoms with Gasteiger partial charge in [-0.25, -0.2) is 4.98 Å². The van der Waals surface area contributed by atoms with Gasteiger partial charge in [-0.3, -0.25) is 4.68 Å². The van der Waals surface area contributed by atoms with Crippen molar-refractivity contribution < 1.29 is 0 Å². The summed E-state index contributed by atoms with van der Waals surface area (Å²) in [6.45, 7) is 0. The fraction of sp³-hybridized carbons (Fsp3) is 0.500. The number of hydrogen-bond acceptors (Lipinski definition) is 4. The summed E-state index contributed by atoms with van der Waals surface area (Å²) in [7, 11) is 3.95. The molecule has 0 aliphatic heterocycles. The van der Waals surface area contributed by atoms with E-state index in [9.17, 15) is 0 Å². The topological polar surface area (TPSA) is 42.7 Å². The van der Waals surface area contributed by atoms with Gasteiger partial charge in [0.1, 0.15) is 10.7 Å². The van der Waals surface area contributed by atoms with Crippen molar-refractivity contribution in [3.8, 4) is 10.7 Å². The molecule has 0 aromatic carbocycles. The number of hydrogen-bond donors (Lipinski definition) is 1. The van der Waals surface area contributed by atoms with E-state index in [4.69, 9.17) is 4.98 Å². The summed E-state index contributed by atoms with van der Waals surface area (Å²) in [5.74, 6) is 0. The molecule has 0 amide bonds. The molecule has 0 bridgehead atoms. The fourth-order valence-corrected chi connectivity index (χ4v) is 3.47. The van der Waals surface area contributed by atoms with Gasteiger partial charge in [0.05, 0.1) is 11.7 Å². The molecule has 1 N–H and O–H groups in total. The zero-order chi connectivity index (χ0) is 11.8. The van der Waals surface area contributed by atoms with E-state index < -0.39 is 0 Å². The molecule has 0 saturated heterocycles. The summed E-state index contributed by atoms with van der Waals surface area (Å²) in [4.78, 5) is 6.19. The van der Waals surface area contributed by atoms with Crippen LogP contribution in [0.25, 0.3) is 10.7 Å². The molecule has 4 nitrogen and oxygen atoms in total. The first-order valence-electron chi connectivity index (χ1n) is 5.95. The minimum atomic E-state index is 0.424. The molecule has 2 aromatic heterocycles. The molecule has 0 fully saturated rings. The van der Waals surface area contributed by atoms with E-state index in [2.05, 4.69) is 10.4 Å². The first kappa shape index (κ1) is 10.9. The summed E-state index contributed by atoms with van der Waals surface area (Å²) in [5, 5.41) is 8.82. The zero-order valence-corrected chi connectivity index (χ0v) is 10.9. The molecule has 1 aliphatic carbocycles. The minimum absolute atomic E-state index is 0.424. The number of nitrogens with one attached hydrogen (secondary N) is 1. The number of nitrogens with zero attached hydrogens (tertiary/aromatic N) is 3. The summed E-state index contributed by atoms with van der Waals surface area (Å²) in [6, 6.07) is 2.45. The van der Waals surface area contributed by atoms with Crippen molar-refractivity contribution in [3.63, 3.8) is 0 Å². The Kier molecular flexibility index (Phi) is 2.72. The number of thiazole rings is 1. The third-order valence-corrected chi connectivity index (χ3v) is 4.39. The van der Waals surface area contributed by atoms with Crippen LogP contribution in [-0.4, -0.2) is 21.8 Å². The predicted octanol–water partition coefficient (Wildman–Crippen LogP) is 2.14. The van der Waals surface area contributed by atoms with Crippen LogP contribution in [0.1, 0.15) is 29.5 Å². The van der Waals surface area contributed by atoms with E-state index in [0.29, 0.717) is 6.04 Å². The second kappa shape index (κ2) is 4.23.